The third-order valence-corrected chi connectivity index (χ3v) is 4.88. The van der Waals surface area contributed by atoms with Gasteiger partial charge in [-0.15, -0.1) is 0 Å². The van der Waals surface area contributed by atoms with Crippen molar-refractivity contribution in [2.24, 2.45) is 0 Å². The molecule has 154 valence electrons. The van der Waals surface area contributed by atoms with E-state index in [1.165, 1.54) is 0 Å². The number of anilines is 1. The molecular formula is C21H22Cl2N2O4. The third kappa shape index (κ3) is 6.76. The molecule has 0 fully saturated rings. The SMILES string of the molecule is CCN(CC)C(=O)c1cccc(NC(=O)COC(=O)Cc2ccc(Cl)c(Cl)c2)c1. The lowest BCUT2D eigenvalue weighted by atomic mass is 10.1. The average Bonchev–Trinajstić information content (AvgIpc) is 2.70. The van der Waals surface area contributed by atoms with E-state index >= 15 is 0 Å². The number of amides is 2. The van der Waals surface area contributed by atoms with Crippen LogP contribution in [0.3, 0.4) is 0 Å². The highest BCUT2D eigenvalue weighted by Crippen LogP contribution is 2.22. The molecule has 0 unspecified atom stereocenters. The van der Waals surface area contributed by atoms with Gasteiger partial charge in [-0.3, -0.25) is 14.4 Å². The summed E-state index contributed by atoms with van der Waals surface area (Å²) in [5.74, 6) is -1.18. The summed E-state index contributed by atoms with van der Waals surface area (Å²) in [4.78, 5) is 38.1. The van der Waals surface area contributed by atoms with E-state index in [1.807, 2.05) is 13.8 Å². The Morgan fingerprint density at radius 3 is 2.38 bits per heavy atom. The highest BCUT2D eigenvalue weighted by Gasteiger charge is 2.14. The van der Waals surface area contributed by atoms with Gasteiger partial charge in [-0.05, 0) is 49.7 Å². The van der Waals surface area contributed by atoms with Gasteiger partial charge in [0.15, 0.2) is 6.61 Å². The average molecular weight is 437 g/mol. The first-order valence-electron chi connectivity index (χ1n) is 9.12. The molecule has 2 rings (SSSR count). The van der Waals surface area contributed by atoms with Crippen LogP contribution in [-0.2, 0) is 20.7 Å². The number of benzene rings is 2. The fourth-order valence-corrected chi connectivity index (χ4v) is 2.95. The van der Waals surface area contributed by atoms with Gasteiger partial charge < -0.3 is 15.0 Å². The molecule has 0 spiro atoms. The van der Waals surface area contributed by atoms with Gasteiger partial charge in [-0.2, -0.15) is 0 Å². The van der Waals surface area contributed by atoms with E-state index in [2.05, 4.69) is 5.32 Å². The molecule has 0 radical (unpaired) electrons. The number of nitrogens with one attached hydrogen (secondary N) is 1. The van der Waals surface area contributed by atoms with E-state index < -0.39 is 18.5 Å². The van der Waals surface area contributed by atoms with E-state index in [1.54, 1.807) is 47.4 Å². The fourth-order valence-electron chi connectivity index (χ4n) is 2.63. The van der Waals surface area contributed by atoms with Crippen molar-refractivity contribution in [3.05, 3.63) is 63.6 Å². The minimum absolute atomic E-state index is 0.0297. The van der Waals surface area contributed by atoms with Crippen molar-refractivity contribution in [3.63, 3.8) is 0 Å². The van der Waals surface area contributed by atoms with Gasteiger partial charge in [0, 0.05) is 24.3 Å². The van der Waals surface area contributed by atoms with Crippen molar-refractivity contribution >= 4 is 46.7 Å². The summed E-state index contributed by atoms with van der Waals surface area (Å²) in [5.41, 5.74) is 1.56. The summed E-state index contributed by atoms with van der Waals surface area (Å²) in [6.07, 6.45) is -0.0297. The van der Waals surface area contributed by atoms with Crippen molar-refractivity contribution < 1.29 is 19.1 Å². The Labute approximate surface area is 179 Å². The summed E-state index contributed by atoms with van der Waals surface area (Å²) >= 11 is 11.7. The molecule has 0 aliphatic heterocycles. The van der Waals surface area contributed by atoms with Crippen LogP contribution in [0.1, 0.15) is 29.8 Å². The van der Waals surface area contributed by atoms with Gasteiger partial charge in [0.1, 0.15) is 0 Å². The first-order chi connectivity index (χ1) is 13.8. The van der Waals surface area contributed by atoms with Crippen molar-refractivity contribution in [2.75, 3.05) is 25.0 Å². The van der Waals surface area contributed by atoms with Crippen LogP contribution in [0, 0.1) is 0 Å². The van der Waals surface area contributed by atoms with Crippen molar-refractivity contribution in [2.45, 2.75) is 20.3 Å². The maximum Gasteiger partial charge on any atom is 0.310 e. The predicted molar refractivity (Wildman–Crippen MR) is 113 cm³/mol. The molecule has 6 nitrogen and oxygen atoms in total. The zero-order valence-electron chi connectivity index (χ0n) is 16.2. The summed E-state index contributed by atoms with van der Waals surface area (Å²) in [6.45, 7) is 4.56. The molecule has 29 heavy (non-hydrogen) atoms. The predicted octanol–water partition coefficient (Wildman–Crippen LogP) is 4.20. The minimum Gasteiger partial charge on any atom is -0.455 e. The lowest BCUT2D eigenvalue weighted by Gasteiger charge is -2.19. The normalized spacial score (nSPS) is 10.3. The Balaban J connectivity index is 1.89. The Morgan fingerprint density at radius 2 is 1.72 bits per heavy atom. The van der Waals surface area contributed by atoms with Crippen LogP contribution in [0.15, 0.2) is 42.5 Å². The molecule has 8 heteroatoms. The van der Waals surface area contributed by atoms with Crippen LogP contribution in [-0.4, -0.2) is 42.4 Å². The van der Waals surface area contributed by atoms with E-state index in [-0.39, 0.29) is 12.3 Å². The van der Waals surface area contributed by atoms with E-state index in [0.29, 0.717) is 39.9 Å². The number of esters is 1. The number of carbonyl (C=O) groups is 3. The van der Waals surface area contributed by atoms with Crippen LogP contribution in [0.2, 0.25) is 10.0 Å². The second-order valence-electron chi connectivity index (χ2n) is 6.19. The van der Waals surface area contributed by atoms with Crippen molar-refractivity contribution in [1.82, 2.24) is 4.90 Å². The van der Waals surface area contributed by atoms with Gasteiger partial charge in [0.05, 0.1) is 16.5 Å². The molecule has 2 amide bonds. The summed E-state index contributed by atoms with van der Waals surface area (Å²) < 4.78 is 5.00. The number of carbonyl (C=O) groups excluding carboxylic acids is 3. The van der Waals surface area contributed by atoms with E-state index in [0.717, 1.165) is 0 Å². The summed E-state index contributed by atoms with van der Waals surface area (Å²) in [6, 6.07) is 11.4. The maximum atomic E-state index is 12.4. The molecule has 2 aromatic carbocycles. The van der Waals surface area contributed by atoms with Crippen LogP contribution in [0.4, 0.5) is 5.69 Å². The first-order valence-corrected chi connectivity index (χ1v) is 9.88. The lowest BCUT2D eigenvalue weighted by Crippen LogP contribution is -2.30. The van der Waals surface area contributed by atoms with Gasteiger partial charge in [0.25, 0.3) is 11.8 Å². The van der Waals surface area contributed by atoms with E-state index in [9.17, 15) is 14.4 Å². The molecule has 0 heterocycles. The number of ether oxygens (including phenoxy) is 1. The number of hydrogen-bond acceptors (Lipinski definition) is 4. The highest BCUT2D eigenvalue weighted by molar-refractivity contribution is 6.42. The lowest BCUT2D eigenvalue weighted by molar-refractivity contribution is -0.146. The van der Waals surface area contributed by atoms with Crippen LogP contribution in [0.5, 0.6) is 0 Å². The number of rotatable bonds is 8. The van der Waals surface area contributed by atoms with Gasteiger partial charge >= 0.3 is 5.97 Å². The zero-order valence-corrected chi connectivity index (χ0v) is 17.7. The summed E-state index contributed by atoms with van der Waals surface area (Å²) in [5, 5.41) is 3.36. The quantitative estimate of drug-likeness (QED) is 0.629. The Kier molecular flexibility index (Phi) is 8.49. The first kappa shape index (κ1) is 22.7. The largest absolute Gasteiger partial charge is 0.455 e. The minimum atomic E-state index is -0.566. The zero-order chi connectivity index (χ0) is 21.4. The van der Waals surface area contributed by atoms with Crippen LogP contribution >= 0.6 is 23.2 Å². The summed E-state index contributed by atoms with van der Waals surface area (Å²) in [7, 11) is 0. The van der Waals surface area contributed by atoms with Crippen molar-refractivity contribution in [3.8, 4) is 0 Å². The molecule has 0 bridgehead atoms. The van der Waals surface area contributed by atoms with E-state index in [4.69, 9.17) is 27.9 Å². The molecule has 2 aromatic rings. The molecular weight excluding hydrogens is 415 g/mol. The van der Waals surface area contributed by atoms with Gasteiger partial charge in [-0.25, -0.2) is 0 Å². The third-order valence-electron chi connectivity index (χ3n) is 4.14. The smallest absolute Gasteiger partial charge is 0.310 e. The monoisotopic (exact) mass is 436 g/mol. The Bertz CT molecular complexity index is 898. The number of hydrogen-bond donors (Lipinski definition) is 1. The Morgan fingerprint density at radius 1 is 1.00 bits per heavy atom. The molecule has 0 aliphatic carbocycles. The van der Waals surface area contributed by atoms with Crippen LogP contribution in [0.25, 0.3) is 0 Å². The second-order valence-corrected chi connectivity index (χ2v) is 7.01. The standard InChI is InChI=1S/C21H22Cl2N2O4/c1-3-25(4-2)21(28)15-6-5-7-16(12-15)24-19(26)13-29-20(27)11-14-8-9-17(22)18(23)10-14/h5-10,12H,3-4,11,13H2,1-2H3,(H,24,26). The Hall–Kier alpha value is -2.57. The second kappa shape index (κ2) is 10.8. The van der Waals surface area contributed by atoms with Gasteiger partial charge in [0.2, 0.25) is 0 Å². The van der Waals surface area contributed by atoms with Crippen LogP contribution < -0.4 is 5.32 Å². The number of nitrogens with zero attached hydrogens (tertiary/aromatic N) is 1. The molecule has 0 saturated carbocycles. The molecule has 1 N–H and O–H groups in total. The molecule has 0 aromatic heterocycles. The molecule has 0 aliphatic rings. The van der Waals surface area contributed by atoms with Crippen molar-refractivity contribution in [1.29, 1.82) is 0 Å². The van der Waals surface area contributed by atoms with Gasteiger partial charge in [-0.1, -0.05) is 35.3 Å². The number of halogens is 2. The maximum absolute atomic E-state index is 12.4. The fraction of sp³-hybridized carbons (Fsp3) is 0.286. The highest BCUT2D eigenvalue weighted by atomic mass is 35.5. The molecule has 0 atom stereocenters. The molecule has 0 saturated heterocycles. The topological polar surface area (TPSA) is 75.7 Å².